The van der Waals surface area contributed by atoms with Gasteiger partial charge in [-0.2, -0.15) is 0 Å². The average Bonchev–Trinajstić information content (AvgIpc) is 2.99. The van der Waals surface area contributed by atoms with E-state index in [1.54, 1.807) is 0 Å². The zero-order valence-corrected chi connectivity index (χ0v) is 12.3. The summed E-state index contributed by atoms with van der Waals surface area (Å²) in [4.78, 5) is 10.3. The number of fused-ring (bicyclic) bond motifs is 1. The number of rotatable bonds is 2. The van der Waals surface area contributed by atoms with E-state index in [2.05, 4.69) is 32.4 Å². The number of piperidine rings is 1. The number of morpholine rings is 1. The number of hydrogen-bond donors (Lipinski definition) is 2. The van der Waals surface area contributed by atoms with Gasteiger partial charge in [0.15, 0.2) is 0 Å². The number of aromatic nitrogens is 2. The third-order valence-corrected chi connectivity index (χ3v) is 4.70. The maximum absolute atomic E-state index is 5.43. The number of pyridine rings is 1. The van der Waals surface area contributed by atoms with Gasteiger partial charge in [0.2, 0.25) is 0 Å². The van der Waals surface area contributed by atoms with Gasteiger partial charge in [-0.15, -0.1) is 0 Å². The molecule has 5 nitrogen and oxygen atoms in total. The summed E-state index contributed by atoms with van der Waals surface area (Å²) in [5, 5.41) is 4.79. The Labute approximate surface area is 124 Å². The van der Waals surface area contributed by atoms with E-state index >= 15 is 0 Å². The fourth-order valence-electron chi connectivity index (χ4n) is 3.47. The van der Waals surface area contributed by atoms with E-state index in [0.29, 0.717) is 5.92 Å². The van der Waals surface area contributed by atoms with E-state index in [-0.39, 0.29) is 0 Å². The zero-order chi connectivity index (χ0) is 14.1. The smallest absolute Gasteiger partial charge is 0.129 e. The highest BCUT2D eigenvalue weighted by atomic mass is 16.5. The fourth-order valence-corrected chi connectivity index (χ4v) is 3.47. The highest BCUT2D eigenvalue weighted by molar-refractivity contribution is 5.85. The lowest BCUT2D eigenvalue weighted by atomic mass is 9.90. The normalized spacial score (nSPS) is 21.0. The Morgan fingerprint density at radius 3 is 2.81 bits per heavy atom. The molecule has 0 aromatic carbocycles. The quantitative estimate of drug-likeness (QED) is 0.885. The molecule has 2 fully saturated rings. The molecule has 0 spiro atoms. The maximum Gasteiger partial charge on any atom is 0.129 e. The molecular weight excluding hydrogens is 264 g/mol. The van der Waals surface area contributed by atoms with Gasteiger partial charge in [-0.1, -0.05) is 0 Å². The monoisotopic (exact) mass is 286 g/mol. The maximum atomic E-state index is 5.43. The molecule has 4 heterocycles. The van der Waals surface area contributed by atoms with Gasteiger partial charge in [-0.25, -0.2) is 4.98 Å². The predicted molar refractivity (Wildman–Crippen MR) is 84.0 cm³/mol. The largest absolute Gasteiger partial charge is 0.378 e. The summed E-state index contributed by atoms with van der Waals surface area (Å²) >= 11 is 0. The first-order valence-corrected chi connectivity index (χ1v) is 7.92. The van der Waals surface area contributed by atoms with Crippen LogP contribution >= 0.6 is 0 Å². The molecule has 0 radical (unpaired) electrons. The molecule has 21 heavy (non-hydrogen) atoms. The van der Waals surface area contributed by atoms with Crippen molar-refractivity contribution < 1.29 is 4.74 Å². The molecule has 2 aromatic rings. The van der Waals surface area contributed by atoms with Crippen LogP contribution in [0.1, 0.15) is 24.3 Å². The average molecular weight is 286 g/mol. The minimum absolute atomic E-state index is 0.667. The van der Waals surface area contributed by atoms with Crippen LogP contribution in [0.3, 0.4) is 0 Å². The van der Waals surface area contributed by atoms with Crippen LogP contribution in [0.4, 0.5) is 5.82 Å². The molecule has 0 amide bonds. The van der Waals surface area contributed by atoms with Crippen LogP contribution in [-0.2, 0) is 4.74 Å². The number of nitrogens with zero attached hydrogens (tertiary/aromatic N) is 2. The molecule has 0 saturated carbocycles. The van der Waals surface area contributed by atoms with E-state index < -0.39 is 0 Å². The van der Waals surface area contributed by atoms with E-state index in [1.807, 2.05) is 6.20 Å². The molecule has 5 heteroatoms. The molecule has 2 N–H and O–H groups in total. The van der Waals surface area contributed by atoms with Gasteiger partial charge < -0.3 is 19.9 Å². The SMILES string of the molecule is c1[nH]c2cnc(N3CCOCC3)cc2c1C1CCNCC1. The molecule has 4 rings (SSSR count). The Morgan fingerprint density at radius 2 is 2.00 bits per heavy atom. The van der Waals surface area contributed by atoms with Crippen molar-refractivity contribution in [3.8, 4) is 0 Å². The van der Waals surface area contributed by atoms with Crippen molar-refractivity contribution in [1.82, 2.24) is 15.3 Å². The lowest BCUT2D eigenvalue weighted by Crippen LogP contribution is -2.36. The van der Waals surface area contributed by atoms with Gasteiger partial charge >= 0.3 is 0 Å². The zero-order valence-electron chi connectivity index (χ0n) is 12.3. The van der Waals surface area contributed by atoms with E-state index in [9.17, 15) is 0 Å². The Hall–Kier alpha value is -1.59. The lowest BCUT2D eigenvalue weighted by molar-refractivity contribution is 0.122. The standard InChI is InChI=1S/C16H22N4O/c1-3-17-4-2-12(1)14-10-18-15-11-19-16(9-13(14)15)20-5-7-21-8-6-20/h9-12,17-18H,1-8H2. The molecule has 2 aromatic heterocycles. The molecule has 0 unspecified atom stereocenters. The molecule has 2 aliphatic heterocycles. The van der Waals surface area contributed by atoms with Crippen LogP contribution in [-0.4, -0.2) is 49.4 Å². The summed E-state index contributed by atoms with van der Waals surface area (Å²) in [5.41, 5.74) is 2.61. The topological polar surface area (TPSA) is 53.2 Å². The van der Waals surface area contributed by atoms with E-state index in [4.69, 9.17) is 4.74 Å². The Kier molecular flexibility index (Phi) is 3.53. The highest BCUT2D eigenvalue weighted by Gasteiger charge is 2.20. The van der Waals surface area contributed by atoms with Crippen LogP contribution < -0.4 is 10.2 Å². The van der Waals surface area contributed by atoms with Crippen LogP contribution in [0.15, 0.2) is 18.5 Å². The van der Waals surface area contributed by atoms with E-state index in [0.717, 1.165) is 50.7 Å². The van der Waals surface area contributed by atoms with Crippen LogP contribution in [0, 0.1) is 0 Å². The van der Waals surface area contributed by atoms with Crippen molar-refractivity contribution in [3.63, 3.8) is 0 Å². The number of H-pyrrole nitrogens is 1. The Morgan fingerprint density at radius 1 is 1.19 bits per heavy atom. The molecule has 2 aliphatic rings. The van der Waals surface area contributed by atoms with Gasteiger partial charge in [0.1, 0.15) is 5.82 Å². The molecule has 0 bridgehead atoms. The molecule has 0 aliphatic carbocycles. The third-order valence-electron chi connectivity index (χ3n) is 4.70. The first-order chi connectivity index (χ1) is 10.4. The summed E-state index contributed by atoms with van der Waals surface area (Å²) in [7, 11) is 0. The van der Waals surface area contributed by atoms with Gasteiger partial charge in [-0.3, -0.25) is 0 Å². The van der Waals surface area contributed by atoms with Crippen molar-refractivity contribution in [1.29, 1.82) is 0 Å². The number of hydrogen-bond acceptors (Lipinski definition) is 4. The molecular formula is C16H22N4O. The molecule has 112 valence electrons. The van der Waals surface area contributed by atoms with Crippen molar-refractivity contribution in [2.24, 2.45) is 0 Å². The van der Waals surface area contributed by atoms with Gasteiger partial charge in [0, 0.05) is 24.7 Å². The van der Waals surface area contributed by atoms with Crippen molar-refractivity contribution in [2.75, 3.05) is 44.3 Å². The van der Waals surface area contributed by atoms with Gasteiger partial charge in [0.05, 0.1) is 24.9 Å². The molecule has 0 atom stereocenters. The van der Waals surface area contributed by atoms with Crippen molar-refractivity contribution >= 4 is 16.7 Å². The third kappa shape index (κ3) is 2.51. The summed E-state index contributed by atoms with van der Waals surface area (Å²) in [6, 6.07) is 2.26. The van der Waals surface area contributed by atoms with Gasteiger partial charge in [-0.05, 0) is 43.5 Å². The summed E-state index contributed by atoms with van der Waals surface area (Å²) in [6.45, 7) is 5.72. The van der Waals surface area contributed by atoms with Crippen molar-refractivity contribution in [3.05, 3.63) is 24.0 Å². The number of aromatic amines is 1. The van der Waals surface area contributed by atoms with E-state index in [1.165, 1.54) is 23.8 Å². The summed E-state index contributed by atoms with van der Waals surface area (Å²) < 4.78 is 5.43. The second-order valence-electron chi connectivity index (χ2n) is 5.96. The number of ether oxygens (including phenoxy) is 1. The Bertz CT molecular complexity index is 612. The van der Waals surface area contributed by atoms with Crippen LogP contribution in [0.25, 0.3) is 10.9 Å². The fraction of sp³-hybridized carbons (Fsp3) is 0.562. The van der Waals surface area contributed by atoms with Crippen LogP contribution in [0.2, 0.25) is 0 Å². The highest BCUT2D eigenvalue weighted by Crippen LogP contribution is 2.32. The van der Waals surface area contributed by atoms with Gasteiger partial charge in [0.25, 0.3) is 0 Å². The first kappa shape index (κ1) is 13.1. The predicted octanol–water partition coefficient (Wildman–Crippen LogP) is 1.87. The minimum Gasteiger partial charge on any atom is -0.378 e. The minimum atomic E-state index is 0.667. The first-order valence-electron chi connectivity index (χ1n) is 7.92. The molecule has 2 saturated heterocycles. The summed E-state index contributed by atoms with van der Waals surface area (Å²) in [6.07, 6.45) is 6.61. The van der Waals surface area contributed by atoms with Crippen molar-refractivity contribution in [2.45, 2.75) is 18.8 Å². The lowest BCUT2D eigenvalue weighted by Gasteiger charge is -2.28. The Balaban J connectivity index is 1.68. The second kappa shape index (κ2) is 5.66. The number of anilines is 1. The number of nitrogens with one attached hydrogen (secondary N) is 2. The second-order valence-corrected chi connectivity index (χ2v) is 5.96. The summed E-state index contributed by atoms with van der Waals surface area (Å²) in [5.74, 6) is 1.75. The van der Waals surface area contributed by atoms with Crippen LogP contribution in [0.5, 0.6) is 0 Å².